The molecule has 2 atom stereocenters. The van der Waals surface area contributed by atoms with Crippen LogP contribution in [0.2, 0.25) is 0 Å². The van der Waals surface area contributed by atoms with Gasteiger partial charge in [-0.15, -0.1) is 6.42 Å². The molecular weight excluding hydrogens is 244 g/mol. The molecule has 1 rings (SSSR count). The van der Waals surface area contributed by atoms with Gasteiger partial charge in [0.05, 0.1) is 19.6 Å². The summed E-state index contributed by atoms with van der Waals surface area (Å²) in [5, 5.41) is 8.78. The number of aliphatic carboxylic acids is 1. The summed E-state index contributed by atoms with van der Waals surface area (Å²) in [6, 6.07) is 0. The Labute approximate surface area is 114 Å². The predicted molar refractivity (Wildman–Crippen MR) is 72.4 cm³/mol. The van der Waals surface area contributed by atoms with E-state index in [2.05, 4.69) is 19.8 Å². The highest BCUT2D eigenvalue weighted by atomic mass is 16.4. The van der Waals surface area contributed by atoms with E-state index < -0.39 is 5.97 Å². The molecule has 5 heteroatoms. The minimum atomic E-state index is -0.969. The molecule has 1 N–H and O–H groups in total. The molecule has 5 nitrogen and oxygen atoms in total. The Morgan fingerprint density at radius 1 is 1.32 bits per heavy atom. The van der Waals surface area contributed by atoms with Crippen molar-refractivity contribution in [3.05, 3.63) is 0 Å². The normalized spacial score (nSPS) is 23.2. The maximum Gasteiger partial charge on any atom is 0.317 e. The van der Waals surface area contributed by atoms with E-state index in [9.17, 15) is 9.59 Å². The molecule has 0 aromatic rings. The van der Waals surface area contributed by atoms with E-state index >= 15 is 0 Å². The summed E-state index contributed by atoms with van der Waals surface area (Å²) in [6.07, 6.45) is 6.33. The zero-order valence-electron chi connectivity index (χ0n) is 11.6. The van der Waals surface area contributed by atoms with Crippen molar-refractivity contribution in [1.82, 2.24) is 9.80 Å². The molecule has 0 aliphatic carbocycles. The first-order chi connectivity index (χ1) is 8.92. The number of likely N-dealkylation sites (tertiary alicyclic amines) is 1. The molecule has 1 saturated heterocycles. The number of carboxylic acid groups (broad SMARTS) is 1. The third kappa shape index (κ3) is 5.31. The van der Waals surface area contributed by atoms with Gasteiger partial charge in [0.1, 0.15) is 0 Å². The van der Waals surface area contributed by atoms with Gasteiger partial charge in [0.2, 0.25) is 5.91 Å². The van der Waals surface area contributed by atoms with Crippen LogP contribution in [0.5, 0.6) is 0 Å². The minimum absolute atomic E-state index is 0.0325. The first kappa shape index (κ1) is 15.5. The molecule has 1 amide bonds. The average Bonchev–Trinajstić information content (AvgIpc) is 2.26. The van der Waals surface area contributed by atoms with Gasteiger partial charge in [0.15, 0.2) is 0 Å². The molecule has 1 aliphatic rings. The van der Waals surface area contributed by atoms with Crippen molar-refractivity contribution in [1.29, 1.82) is 0 Å². The molecule has 2 unspecified atom stereocenters. The van der Waals surface area contributed by atoms with Crippen molar-refractivity contribution in [2.75, 3.05) is 32.7 Å². The first-order valence-electron chi connectivity index (χ1n) is 6.57. The highest BCUT2D eigenvalue weighted by molar-refractivity contribution is 5.79. The Hall–Kier alpha value is -1.54. The summed E-state index contributed by atoms with van der Waals surface area (Å²) in [5.74, 6) is 2.38. The number of hydrogen-bond donors (Lipinski definition) is 1. The van der Waals surface area contributed by atoms with Crippen molar-refractivity contribution in [3.63, 3.8) is 0 Å². The zero-order valence-corrected chi connectivity index (χ0v) is 11.6. The van der Waals surface area contributed by atoms with Gasteiger partial charge in [0, 0.05) is 13.1 Å². The summed E-state index contributed by atoms with van der Waals surface area (Å²) >= 11 is 0. The summed E-state index contributed by atoms with van der Waals surface area (Å²) in [6.45, 7) is 5.82. The lowest BCUT2D eigenvalue weighted by Crippen LogP contribution is -2.47. The Morgan fingerprint density at radius 3 is 2.37 bits per heavy atom. The molecule has 0 aromatic carbocycles. The van der Waals surface area contributed by atoms with E-state index in [1.807, 2.05) is 4.90 Å². The van der Waals surface area contributed by atoms with Crippen LogP contribution in [0.15, 0.2) is 0 Å². The maximum atomic E-state index is 12.2. The SMILES string of the molecule is C#CCN(CC(=O)O)CC(=O)N1CC(C)CC(C)C1. The second-order valence-corrected chi connectivity index (χ2v) is 5.49. The fourth-order valence-corrected chi connectivity index (χ4v) is 2.65. The van der Waals surface area contributed by atoms with Crippen LogP contribution in [-0.4, -0.2) is 59.5 Å². The second-order valence-electron chi connectivity index (χ2n) is 5.49. The number of carbonyl (C=O) groups excluding carboxylic acids is 1. The van der Waals surface area contributed by atoms with E-state index in [1.54, 1.807) is 0 Å². The maximum absolute atomic E-state index is 12.2. The summed E-state index contributed by atoms with van der Waals surface area (Å²) in [5.41, 5.74) is 0. The largest absolute Gasteiger partial charge is 0.480 e. The van der Waals surface area contributed by atoms with Crippen LogP contribution in [0, 0.1) is 24.2 Å². The number of rotatable bonds is 5. The van der Waals surface area contributed by atoms with E-state index in [-0.39, 0.29) is 25.5 Å². The van der Waals surface area contributed by atoms with Gasteiger partial charge in [0.25, 0.3) is 0 Å². The van der Waals surface area contributed by atoms with Crippen molar-refractivity contribution in [3.8, 4) is 12.3 Å². The molecule has 0 aromatic heterocycles. The van der Waals surface area contributed by atoms with Crippen LogP contribution in [0.1, 0.15) is 20.3 Å². The quantitative estimate of drug-likeness (QED) is 0.737. The van der Waals surface area contributed by atoms with Crippen LogP contribution in [0.25, 0.3) is 0 Å². The van der Waals surface area contributed by atoms with Gasteiger partial charge >= 0.3 is 5.97 Å². The van der Waals surface area contributed by atoms with Gasteiger partial charge in [-0.05, 0) is 18.3 Å². The summed E-state index contributed by atoms with van der Waals surface area (Å²) in [4.78, 5) is 26.2. The first-order valence-corrected chi connectivity index (χ1v) is 6.57. The number of terminal acetylenes is 1. The molecule has 0 radical (unpaired) electrons. The third-order valence-corrected chi connectivity index (χ3v) is 3.25. The summed E-state index contributed by atoms with van der Waals surface area (Å²) < 4.78 is 0. The lowest BCUT2D eigenvalue weighted by atomic mass is 9.92. The average molecular weight is 266 g/mol. The Bertz CT molecular complexity index is 365. The number of carboxylic acids is 1. The lowest BCUT2D eigenvalue weighted by Gasteiger charge is -2.36. The zero-order chi connectivity index (χ0) is 14.4. The standard InChI is InChI=1S/C14H22N2O3/c1-4-5-15(10-14(18)19)9-13(17)16-7-11(2)6-12(3)8-16/h1,11-12H,5-10H2,2-3H3,(H,18,19). The summed E-state index contributed by atoms with van der Waals surface area (Å²) in [7, 11) is 0. The van der Waals surface area contributed by atoms with Crippen LogP contribution in [-0.2, 0) is 9.59 Å². The molecule has 1 heterocycles. The molecular formula is C14H22N2O3. The molecule has 0 bridgehead atoms. The van der Waals surface area contributed by atoms with Crippen molar-refractivity contribution >= 4 is 11.9 Å². The molecule has 106 valence electrons. The van der Waals surface area contributed by atoms with Crippen molar-refractivity contribution in [2.45, 2.75) is 20.3 Å². The lowest BCUT2D eigenvalue weighted by molar-refractivity contribution is -0.140. The fourth-order valence-electron chi connectivity index (χ4n) is 2.65. The van der Waals surface area contributed by atoms with Gasteiger partial charge in [-0.25, -0.2) is 0 Å². The number of piperidine rings is 1. The van der Waals surface area contributed by atoms with E-state index in [1.165, 1.54) is 4.90 Å². The van der Waals surface area contributed by atoms with Crippen molar-refractivity contribution in [2.24, 2.45) is 11.8 Å². The van der Waals surface area contributed by atoms with E-state index in [4.69, 9.17) is 11.5 Å². The highest BCUT2D eigenvalue weighted by Crippen LogP contribution is 2.20. The van der Waals surface area contributed by atoms with E-state index in [0.717, 1.165) is 19.5 Å². The molecule has 0 spiro atoms. The fraction of sp³-hybridized carbons (Fsp3) is 0.714. The second kappa shape index (κ2) is 7.15. The molecule has 1 aliphatic heterocycles. The topological polar surface area (TPSA) is 60.9 Å². The molecule has 19 heavy (non-hydrogen) atoms. The van der Waals surface area contributed by atoms with Crippen LogP contribution in [0.3, 0.4) is 0 Å². The Balaban J connectivity index is 2.56. The van der Waals surface area contributed by atoms with Gasteiger partial charge in [-0.1, -0.05) is 19.8 Å². The van der Waals surface area contributed by atoms with Gasteiger partial charge in [-0.2, -0.15) is 0 Å². The highest BCUT2D eigenvalue weighted by Gasteiger charge is 2.26. The monoisotopic (exact) mass is 266 g/mol. The molecule has 0 saturated carbocycles. The van der Waals surface area contributed by atoms with Crippen molar-refractivity contribution < 1.29 is 14.7 Å². The third-order valence-electron chi connectivity index (χ3n) is 3.25. The number of nitrogens with zero attached hydrogens (tertiary/aromatic N) is 2. The van der Waals surface area contributed by atoms with Gasteiger partial charge in [-0.3, -0.25) is 14.5 Å². The van der Waals surface area contributed by atoms with Crippen LogP contribution in [0.4, 0.5) is 0 Å². The predicted octanol–water partition coefficient (Wildman–Crippen LogP) is 0.511. The number of carbonyl (C=O) groups is 2. The minimum Gasteiger partial charge on any atom is -0.480 e. The van der Waals surface area contributed by atoms with Crippen LogP contribution < -0.4 is 0 Å². The number of hydrogen-bond acceptors (Lipinski definition) is 3. The Morgan fingerprint density at radius 2 is 1.89 bits per heavy atom. The number of amides is 1. The Kier molecular flexibility index (Phi) is 5.84. The molecule has 1 fully saturated rings. The van der Waals surface area contributed by atoms with Crippen LogP contribution >= 0.6 is 0 Å². The van der Waals surface area contributed by atoms with Gasteiger partial charge < -0.3 is 10.0 Å². The van der Waals surface area contributed by atoms with E-state index in [0.29, 0.717) is 11.8 Å². The smallest absolute Gasteiger partial charge is 0.317 e.